The van der Waals surface area contributed by atoms with Gasteiger partial charge in [0.1, 0.15) is 0 Å². The van der Waals surface area contributed by atoms with Crippen molar-refractivity contribution >= 4 is 27.1 Å². The summed E-state index contributed by atoms with van der Waals surface area (Å²) in [4.78, 5) is 0. The van der Waals surface area contributed by atoms with Crippen LogP contribution in [-0.4, -0.2) is 26.0 Å². The molecule has 0 aliphatic carbocycles. The van der Waals surface area contributed by atoms with Gasteiger partial charge in [-0.15, -0.1) is 0 Å². The molecular formula is C12H16ClNO2S. The first-order valence-corrected chi connectivity index (χ1v) is 7.89. The minimum absolute atomic E-state index is 0.0195. The van der Waals surface area contributed by atoms with Crippen LogP contribution in [0.4, 0.5) is 5.69 Å². The third kappa shape index (κ3) is 3.36. The quantitative estimate of drug-likeness (QED) is 0.901. The Kier molecular flexibility index (Phi) is 3.64. The lowest BCUT2D eigenvalue weighted by Crippen LogP contribution is -2.34. The molecule has 1 heterocycles. The lowest BCUT2D eigenvalue weighted by Gasteiger charge is -2.24. The highest BCUT2D eigenvalue weighted by Gasteiger charge is 2.24. The molecule has 1 aliphatic heterocycles. The van der Waals surface area contributed by atoms with E-state index in [4.69, 9.17) is 11.6 Å². The van der Waals surface area contributed by atoms with Crippen LogP contribution in [0, 0.1) is 6.92 Å². The van der Waals surface area contributed by atoms with Gasteiger partial charge in [0.25, 0.3) is 0 Å². The molecule has 1 fully saturated rings. The topological polar surface area (TPSA) is 46.2 Å². The van der Waals surface area contributed by atoms with E-state index in [0.717, 1.165) is 24.1 Å². The molecule has 0 radical (unpaired) electrons. The van der Waals surface area contributed by atoms with Gasteiger partial charge in [-0.1, -0.05) is 17.7 Å². The Balaban J connectivity index is 2.10. The Morgan fingerprint density at radius 3 is 2.82 bits per heavy atom. The second-order valence-electron chi connectivity index (χ2n) is 4.58. The first-order valence-electron chi connectivity index (χ1n) is 5.69. The van der Waals surface area contributed by atoms with Crippen molar-refractivity contribution in [2.24, 2.45) is 0 Å². The molecule has 0 amide bonds. The van der Waals surface area contributed by atoms with Gasteiger partial charge in [-0.3, -0.25) is 0 Å². The molecule has 5 heteroatoms. The standard InChI is InChI=1S/C12H16ClNO2S/c1-9-4-5-12(11(13)7-9)14-10-3-2-6-17(15,16)8-10/h4-5,7,10,14H,2-3,6,8H2,1H3. The van der Waals surface area contributed by atoms with E-state index in [1.807, 2.05) is 25.1 Å². The zero-order valence-corrected chi connectivity index (χ0v) is 11.3. The van der Waals surface area contributed by atoms with Crippen LogP contribution < -0.4 is 5.32 Å². The number of aryl methyl sites for hydroxylation is 1. The Labute approximate surface area is 107 Å². The first kappa shape index (κ1) is 12.7. The summed E-state index contributed by atoms with van der Waals surface area (Å²) in [7, 11) is -2.88. The molecule has 1 aromatic rings. The molecule has 1 saturated heterocycles. The normalized spacial score (nSPS) is 23.3. The highest BCUT2D eigenvalue weighted by Crippen LogP contribution is 2.25. The van der Waals surface area contributed by atoms with Crippen molar-refractivity contribution in [2.45, 2.75) is 25.8 Å². The van der Waals surface area contributed by atoms with E-state index in [9.17, 15) is 8.42 Å². The Hall–Kier alpha value is -0.740. The molecule has 0 bridgehead atoms. The van der Waals surface area contributed by atoms with Crippen molar-refractivity contribution < 1.29 is 8.42 Å². The van der Waals surface area contributed by atoms with E-state index < -0.39 is 9.84 Å². The largest absolute Gasteiger partial charge is 0.380 e. The fraction of sp³-hybridized carbons (Fsp3) is 0.500. The minimum Gasteiger partial charge on any atom is -0.380 e. The predicted octanol–water partition coefficient (Wildman–Crippen LogP) is 2.64. The number of nitrogens with one attached hydrogen (secondary N) is 1. The number of hydrogen-bond donors (Lipinski definition) is 1. The zero-order valence-electron chi connectivity index (χ0n) is 9.74. The number of sulfone groups is 1. The lowest BCUT2D eigenvalue weighted by atomic mass is 10.1. The van der Waals surface area contributed by atoms with E-state index in [2.05, 4.69) is 5.32 Å². The average molecular weight is 274 g/mol. The van der Waals surface area contributed by atoms with Crippen molar-refractivity contribution in [2.75, 3.05) is 16.8 Å². The van der Waals surface area contributed by atoms with Crippen LogP contribution in [0.5, 0.6) is 0 Å². The molecule has 1 unspecified atom stereocenters. The molecule has 1 atom stereocenters. The molecule has 2 rings (SSSR count). The second-order valence-corrected chi connectivity index (χ2v) is 7.22. The average Bonchev–Trinajstić information content (AvgIpc) is 2.21. The SMILES string of the molecule is Cc1ccc(NC2CCCS(=O)(=O)C2)c(Cl)c1. The second kappa shape index (κ2) is 4.86. The van der Waals surface area contributed by atoms with Crippen molar-refractivity contribution in [1.29, 1.82) is 0 Å². The maximum Gasteiger partial charge on any atom is 0.152 e. The number of benzene rings is 1. The molecule has 0 aromatic heterocycles. The van der Waals surface area contributed by atoms with E-state index in [1.165, 1.54) is 0 Å². The maximum atomic E-state index is 11.5. The zero-order chi connectivity index (χ0) is 12.5. The van der Waals surface area contributed by atoms with Crippen LogP contribution in [0.25, 0.3) is 0 Å². The van der Waals surface area contributed by atoms with Gasteiger partial charge in [-0.2, -0.15) is 0 Å². The van der Waals surface area contributed by atoms with Crippen LogP contribution in [0.3, 0.4) is 0 Å². The van der Waals surface area contributed by atoms with E-state index >= 15 is 0 Å². The summed E-state index contributed by atoms with van der Waals surface area (Å²) in [5.74, 6) is 0.518. The first-order chi connectivity index (χ1) is 7.96. The number of hydrogen-bond acceptors (Lipinski definition) is 3. The highest BCUT2D eigenvalue weighted by atomic mass is 35.5. The molecule has 1 aliphatic rings. The van der Waals surface area contributed by atoms with Crippen LogP contribution in [0.15, 0.2) is 18.2 Å². The summed E-state index contributed by atoms with van der Waals surface area (Å²) < 4.78 is 23.0. The van der Waals surface area contributed by atoms with Crippen LogP contribution >= 0.6 is 11.6 Å². The predicted molar refractivity (Wildman–Crippen MR) is 71.5 cm³/mol. The molecular weight excluding hydrogens is 258 g/mol. The number of halogens is 1. The van der Waals surface area contributed by atoms with Gasteiger partial charge < -0.3 is 5.32 Å². The fourth-order valence-corrected chi connectivity index (χ4v) is 4.02. The number of anilines is 1. The Bertz CT molecular complexity index is 513. The van der Waals surface area contributed by atoms with Gasteiger partial charge in [-0.25, -0.2) is 8.42 Å². The van der Waals surface area contributed by atoms with Crippen molar-refractivity contribution in [3.8, 4) is 0 Å². The number of rotatable bonds is 2. The summed E-state index contributed by atoms with van der Waals surface area (Å²) in [5.41, 5.74) is 1.91. The maximum absolute atomic E-state index is 11.5. The molecule has 94 valence electrons. The van der Waals surface area contributed by atoms with Gasteiger partial charge in [0.2, 0.25) is 0 Å². The molecule has 0 spiro atoms. The fourth-order valence-electron chi connectivity index (χ4n) is 2.09. The third-order valence-corrected chi connectivity index (χ3v) is 5.08. The monoisotopic (exact) mass is 273 g/mol. The summed E-state index contributed by atoms with van der Waals surface area (Å²) >= 11 is 6.11. The molecule has 1 aromatic carbocycles. The summed E-state index contributed by atoms with van der Waals surface area (Å²) in [5, 5.41) is 3.87. The molecule has 0 saturated carbocycles. The lowest BCUT2D eigenvalue weighted by molar-refractivity contribution is 0.562. The van der Waals surface area contributed by atoms with Crippen molar-refractivity contribution in [3.05, 3.63) is 28.8 Å². The van der Waals surface area contributed by atoms with Gasteiger partial charge >= 0.3 is 0 Å². The Morgan fingerprint density at radius 2 is 2.18 bits per heavy atom. The van der Waals surface area contributed by atoms with Crippen LogP contribution in [-0.2, 0) is 9.84 Å². The highest BCUT2D eigenvalue weighted by molar-refractivity contribution is 7.91. The Morgan fingerprint density at radius 1 is 1.41 bits per heavy atom. The van der Waals surface area contributed by atoms with Crippen molar-refractivity contribution in [3.63, 3.8) is 0 Å². The third-order valence-electron chi connectivity index (χ3n) is 2.95. The smallest absolute Gasteiger partial charge is 0.152 e. The summed E-state index contributed by atoms with van der Waals surface area (Å²) in [6, 6.07) is 5.72. The van der Waals surface area contributed by atoms with E-state index in [-0.39, 0.29) is 11.8 Å². The molecule has 17 heavy (non-hydrogen) atoms. The summed E-state index contributed by atoms with van der Waals surface area (Å²) in [6.45, 7) is 1.97. The van der Waals surface area contributed by atoms with Gasteiger partial charge in [0, 0.05) is 6.04 Å². The minimum atomic E-state index is -2.88. The molecule has 3 nitrogen and oxygen atoms in total. The summed E-state index contributed by atoms with van der Waals surface area (Å²) in [6.07, 6.45) is 1.60. The van der Waals surface area contributed by atoms with Gasteiger partial charge in [-0.05, 0) is 37.5 Å². The van der Waals surface area contributed by atoms with Crippen molar-refractivity contribution in [1.82, 2.24) is 0 Å². The van der Waals surface area contributed by atoms with E-state index in [1.54, 1.807) is 0 Å². The van der Waals surface area contributed by atoms with Gasteiger partial charge in [0.15, 0.2) is 9.84 Å². The van der Waals surface area contributed by atoms with Crippen LogP contribution in [0.1, 0.15) is 18.4 Å². The van der Waals surface area contributed by atoms with E-state index in [0.29, 0.717) is 10.8 Å². The molecule has 1 N–H and O–H groups in total. The van der Waals surface area contributed by atoms with Gasteiger partial charge in [0.05, 0.1) is 22.2 Å². The van der Waals surface area contributed by atoms with Crippen LogP contribution in [0.2, 0.25) is 5.02 Å².